The third kappa shape index (κ3) is 1.40. The number of nitrogens with zero attached hydrogens (tertiary/aromatic N) is 3. The third-order valence-electron chi connectivity index (χ3n) is 3.27. The van der Waals surface area contributed by atoms with Crippen LogP contribution in [-0.4, -0.2) is 25.2 Å². The zero-order chi connectivity index (χ0) is 12.3. The largest absolute Gasteiger partial charge is 0.272 e. The van der Waals surface area contributed by atoms with Crippen molar-refractivity contribution >= 4 is 40.1 Å². The van der Waals surface area contributed by atoms with E-state index in [-0.39, 0.29) is 5.91 Å². The lowest BCUT2D eigenvalue weighted by molar-refractivity contribution is 0.0810. The SMILES string of the molecule is CC1(C(=O)n2nnc3ccccc32)CC1(Cl)Cl. The zero-order valence-corrected chi connectivity index (χ0v) is 10.5. The van der Waals surface area contributed by atoms with Crippen molar-refractivity contribution in [2.75, 3.05) is 0 Å². The molecule has 17 heavy (non-hydrogen) atoms. The predicted octanol–water partition coefficient (Wildman–Crippen LogP) is 2.66. The van der Waals surface area contributed by atoms with Gasteiger partial charge in [-0.1, -0.05) is 17.3 Å². The number of alkyl halides is 2. The van der Waals surface area contributed by atoms with Gasteiger partial charge in [-0.15, -0.1) is 28.3 Å². The van der Waals surface area contributed by atoms with Crippen molar-refractivity contribution in [3.63, 3.8) is 0 Å². The first-order valence-corrected chi connectivity index (χ1v) is 5.94. The van der Waals surface area contributed by atoms with Gasteiger partial charge in [0.15, 0.2) is 0 Å². The molecule has 4 nitrogen and oxygen atoms in total. The number of carbonyl (C=O) groups is 1. The summed E-state index contributed by atoms with van der Waals surface area (Å²) in [5.41, 5.74) is 0.585. The Morgan fingerprint density at radius 1 is 1.41 bits per heavy atom. The van der Waals surface area contributed by atoms with Crippen LogP contribution >= 0.6 is 23.2 Å². The van der Waals surface area contributed by atoms with Gasteiger partial charge in [-0.05, 0) is 25.5 Å². The molecule has 1 aliphatic rings. The summed E-state index contributed by atoms with van der Waals surface area (Å²) in [4.78, 5) is 12.3. The summed E-state index contributed by atoms with van der Waals surface area (Å²) in [6.07, 6.45) is 0.441. The number of hydrogen-bond donors (Lipinski definition) is 0. The Labute approximate surface area is 107 Å². The van der Waals surface area contributed by atoms with Crippen molar-refractivity contribution in [1.82, 2.24) is 15.0 Å². The third-order valence-corrected chi connectivity index (χ3v) is 4.38. The van der Waals surface area contributed by atoms with Crippen LogP contribution in [-0.2, 0) is 0 Å². The molecule has 2 aromatic rings. The minimum atomic E-state index is -0.989. The smallest absolute Gasteiger partial charge is 0.257 e. The van der Waals surface area contributed by atoms with Gasteiger partial charge in [0.25, 0.3) is 5.91 Å². The van der Waals surface area contributed by atoms with Crippen LogP contribution in [0, 0.1) is 5.41 Å². The van der Waals surface area contributed by atoms with Crippen LogP contribution in [0.3, 0.4) is 0 Å². The maximum absolute atomic E-state index is 12.3. The maximum atomic E-state index is 12.3. The van der Waals surface area contributed by atoms with Crippen LogP contribution in [0.25, 0.3) is 11.0 Å². The number of benzene rings is 1. The molecule has 6 heteroatoms. The minimum Gasteiger partial charge on any atom is -0.272 e. The van der Waals surface area contributed by atoms with Crippen molar-refractivity contribution in [3.05, 3.63) is 24.3 Å². The van der Waals surface area contributed by atoms with Crippen LogP contribution in [0.1, 0.15) is 18.1 Å². The number of carbonyl (C=O) groups excluding carboxylic acids is 1. The first-order valence-electron chi connectivity index (χ1n) is 5.19. The zero-order valence-electron chi connectivity index (χ0n) is 9.02. The summed E-state index contributed by atoms with van der Waals surface area (Å²) < 4.78 is 0.291. The quantitative estimate of drug-likeness (QED) is 0.748. The lowest BCUT2D eigenvalue weighted by atomic mass is 10.1. The van der Waals surface area contributed by atoms with Crippen molar-refractivity contribution in [2.45, 2.75) is 17.7 Å². The van der Waals surface area contributed by atoms with Crippen LogP contribution in [0.5, 0.6) is 0 Å². The monoisotopic (exact) mass is 269 g/mol. The summed E-state index contributed by atoms with van der Waals surface area (Å²) in [7, 11) is 0. The molecule has 0 spiro atoms. The highest BCUT2D eigenvalue weighted by Gasteiger charge is 2.68. The fraction of sp³-hybridized carbons (Fsp3) is 0.364. The van der Waals surface area contributed by atoms with Gasteiger partial charge < -0.3 is 0 Å². The highest BCUT2D eigenvalue weighted by Crippen LogP contribution is 2.64. The summed E-state index contributed by atoms with van der Waals surface area (Å²) >= 11 is 12.0. The lowest BCUT2D eigenvalue weighted by Gasteiger charge is -2.10. The Bertz CT molecular complexity index is 622. The van der Waals surface area contributed by atoms with E-state index in [9.17, 15) is 4.79 Å². The molecule has 1 aromatic carbocycles. The molecule has 0 aliphatic heterocycles. The number of halogens is 2. The molecule has 88 valence electrons. The number of rotatable bonds is 1. The van der Waals surface area contributed by atoms with Crippen molar-refractivity contribution in [3.8, 4) is 0 Å². The summed E-state index contributed by atoms with van der Waals surface area (Å²) in [5.74, 6) is -0.212. The molecule has 1 unspecified atom stereocenters. The highest BCUT2D eigenvalue weighted by molar-refractivity contribution is 6.53. The lowest BCUT2D eigenvalue weighted by Crippen LogP contribution is -2.26. The number of para-hydroxylation sites is 1. The average Bonchev–Trinajstić information content (AvgIpc) is 2.67. The van der Waals surface area contributed by atoms with Crippen LogP contribution < -0.4 is 0 Å². The van der Waals surface area contributed by atoms with Crippen LogP contribution in [0.15, 0.2) is 24.3 Å². The molecule has 0 amide bonds. The van der Waals surface area contributed by atoms with Gasteiger partial charge in [-0.3, -0.25) is 4.79 Å². The van der Waals surface area contributed by atoms with Gasteiger partial charge in [0.05, 0.1) is 10.9 Å². The molecular weight excluding hydrogens is 261 g/mol. The Morgan fingerprint density at radius 2 is 2.06 bits per heavy atom. The second kappa shape index (κ2) is 3.21. The summed E-state index contributed by atoms with van der Waals surface area (Å²) in [6, 6.07) is 7.27. The molecule has 1 heterocycles. The fourth-order valence-corrected chi connectivity index (χ4v) is 2.58. The van der Waals surface area contributed by atoms with Gasteiger partial charge in [-0.25, -0.2) is 0 Å². The minimum absolute atomic E-state index is 0.212. The maximum Gasteiger partial charge on any atom is 0.257 e. The number of aromatic nitrogens is 3. The molecule has 0 bridgehead atoms. The molecule has 1 saturated carbocycles. The van der Waals surface area contributed by atoms with Crippen LogP contribution in [0.2, 0.25) is 0 Å². The summed E-state index contributed by atoms with van der Waals surface area (Å²) in [6.45, 7) is 1.74. The number of hydrogen-bond acceptors (Lipinski definition) is 3. The van der Waals surface area contributed by atoms with Gasteiger partial charge in [0, 0.05) is 0 Å². The Balaban J connectivity index is 2.09. The highest BCUT2D eigenvalue weighted by atomic mass is 35.5. The molecule has 0 N–H and O–H groups in total. The van der Waals surface area contributed by atoms with E-state index in [0.29, 0.717) is 17.5 Å². The van der Waals surface area contributed by atoms with Crippen molar-refractivity contribution < 1.29 is 4.79 Å². The summed E-state index contributed by atoms with van der Waals surface area (Å²) in [5, 5.41) is 7.80. The van der Waals surface area contributed by atoms with Gasteiger partial charge in [-0.2, -0.15) is 4.68 Å². The standard InChI is InChI=1S/C11H9Cl2N3O/c1-10(6-11(10,12)13)9(17)16-8-5-3-2-4-7(8)14-15-16/h2-5H,6H2,1H3. The molecule has 1 fully saturated rings. The van der Waals surface area contributed by atoms with Gasteiger partial charge in [0.2, 0.25) is 0 Å². The Morgan fingerprint density at radius 3 is 2.71 bits per heavy atom. The first kappa shape index (κ1) is 11.0. The van der Waals surface area contributed by atoms with Crippen LogP contribution in [0.4, 0.5) is 0 Å². The molecule has 1 aliphatic carbocycles. The molecule has 1 aromatic heterocycles. The van der Waals surface area contributed by atoms with E-state index in [1.807, 2.05) is 12.1 Å². The normalized spacial score (nSPS) is 26.1. The second-order valence-electron chi connectivity index (χ2n) is 4.51. The Kier molecular flexibility index (Phi) is 2.07. The molecule has 3 rings (SSSR count). The average molecular weight is 270 g/mol. The van der Waals surface area contributed by atoms with Gasteiger partial charge >= 0.3 is 0 Å². The van der Waals surface area contributed by atoms with E-state index in [2.05, 4.69) is 10.3 Å². The van der Waals surface area contributed by atoms with E-state index < -0.39 is 9.75 Å². The van der Waals surface area contributed by atoms with Crippen molar-refractivity contribution in [1.29, 1.82) is 0 Å². The van der Waals surface area contributed by atoms with E-state index in [1.54, 1.807) is 19.1 Å². The first-order chi connectivity index (χ1) is 7.96. The fourth-order valence-electron chi connectivity index (χ4n) is 1.88. The Hall–Kier alpha value is -1.13. The number of fused-ring (bicyclic) bond motifs is 1. The topological polar surface area (TPSA) is 47.8 Å². The van der Waals surface area contributed by atoms with E-state index >= 15 is 0 Å². The van der Waals surface area contributed by atoms with E-state index in [4.69, 9.17) is 23.2 Å². The molecule has 1 atom stereocenters. The van der Waals surface area contributed by atoms with Gasteiger partial charge in [0.1, 0.15) is 9.85 Å². The molecule has 0 saturated heterocycles. The predicted molar refractivity (Wildman–Crippen MR) is 65.3 cm³/mol. The van der Waals surface area contributed by atoms with Crippen molar-refractivity contribution in [2.24, 2.45) is 5.41 Å². The second-order valence-corrected chi connectivity index (χ2v) is 5.99. The molecular formula is C11H9Cl2N3O. The van der Waals surface area contributed by atoms with E-state index in [0.717, 1.165) is 0 Å². The molecule has 0 radical (unpaired) electrons. The van der Waals surface area contributed by atoms with E-state index in [1.165, 1.54) is 4.68 Å².